The summed E-state index contributed by atoms with van der Waals surface area (Å²) in [6.07, 6.45) is 3.01. The van der Waals surface area contributed by atoms with Gasteiger partial charge >= 0.3 is 0 Å². The van der Waals surface area contributed by atoms with Gasteiger partial charge in [0.25, 0.3) is 0 Å². The van der Waals surface area contributed by atoms with Gasteiger partial charge in [0.15, 0.2) is 9.84 Å². The van der Waals surface area contributed by atoms with Gasteiger partial charge < -0.3 is 10.0 Å². The van der Waals surface area contributed by atoms with Crippen LogP contribution in [-0.2, 0) is 15.4 Å². The minimum Gasteiger partial charge on any atom is -0.385 e. The molecule has 116 valence electrons. The molecule has 1 N–H and O–H groups in total. The highest BCUT2D eigenvalue weighted by Crippen LogP contribution is 2.46. The molecule has 2 atom stereocenters. The van der Waals surface area contributed by atoms with Gasteiger partial charge in [-0.3, -0.25) is 0 Å². The maximum Gasteiger partial charge on any atom is 0.156 e. The predicted molar refractivity (Wildman–Crippen MR) is 84.2 cm³/mol. The van der Waals surface area contributed by atoms with E-state index in [0.29, 0.717) is 25.7 Å². The highest BCUT2D eigenvalue weighted by atomic mass is 32.2. The highest BCUT2D eigenvalue weighted by Gasteiger charge is 2.50. The number of aliphatic hydroxyl groups is 1. The van der Waals surface area contributed by atoms with Gasteiger partial charge in [-0.05, 0) is 43.4 Å². The maximum atomic E-state index is 12.4. The number of rotatable bonds is 2. The van der Waals surface area contributed by atoms with Crippen molar-refractivity contribution in [2.45, 2.75) is 48.2 Å². The summed E-state index contributed by atoms with van der Waals surface area (Å²) in [5.41, 5.74) is 0.868. The van der Waals surface area contributed by atoms with E-state index in [1.54, 1.807) is 0 Å². The van der Waals surface area contributed by atoms with Crippen LogP contribution in [-0.4, -0.2) is 38.1 Å². The molecular weight excluding hydrogens is 286 g/mol. The van der Waals surface area contributed by atoms with E-state index in [1.807, 2.05) is 43.3 Å². The van der Waals surface area contributed by atoms with Crippen molar-refractivity contribution in [1.29, 1.82) is 0 Å². The van der Waals surface area contributed by atoms with Crippen molar-refractivity contribution >= 4 is 15.5 Å². The fourth-order valence-corrected chi connectivity index (χ4v) is 6.31. The normalized spacial score (nSPS) is 34.4. The van der Waals surface area contributed by atoms with E-state index in [-0.39, 0.29) is 10.5 Å². The Balaban J connectivity index is 1.97. The molecule has 0 spiro atoms. The molecule has 0 amide bonds. The Morgan fingerprint density at radius 1 is 1.19 bits per heavy atom. The molecular formula is C16H23NO3S. The number of anilines is 1. The van der Waals surface area contributed by atoms with Gasteiger partial charge in [0.05, 0.1) is 16.1 Å². The maximum absolute atomic E-state index is 12.4. The van der Waals surface area contributed by atoms with Crippen molar-refractivity contribution in [3.63, 3.8) is 0 Å². The van der Waals surface area contributed by atoms with Gasteiger partial charge in [-0.15, -0.1) is 0 Å². The van der Waals surface area contributed by atoms with Crippen LogP contribution in [0.3, 0.4) is 0 Å². The number of hydrogen-bond acceptors (Lipinski definition) is 4. The topological polar surface area (TPSA) is 57.6 Å². The third-order valence-corrected chi connectivity index (χ3v) is 7.68. The monoisotopic (exact) mass is 309 g/mol. The number of benzene rings is 1. The minimum atomic E-state index is -3.04. The Bertz CT molecular complexity index is 619. The summed E-state index contributed by atoms with van der Waals surface area (Å²) >= 11 is 0. The zero-order valence-electron chi connectivity index (χ0n) is 12.6. The lowest BCUT2D eigenvalue weighted by atomic mass is 9.80. The number of hydrogen-bond donors (Lipinski definition) is 1. The predicted octanol–water partition coefficient (Wildman–Crippen LogP) is 2.07. The molecule has 5 heteroatoms. The van der Waals surface area contributed by atoms with Crippen LogP contribution in [0.5, 0.6) is 0 Å². The molecule has 3 rings (SSSR count). The van der Waals surface area contributed by atoms with E-state index in [9.17, 15) is 13.5 Å². The van der Waals surface area contributed by atoms with Crippen LogP contribution in [0.2, 0.25) is 0 Å². The molecule has 21 heavy (non-hydrogen) atoms. The Morgan fingerprint density at radius 3 is 2.38 bits per heavy atom. The fourth-order valence-electron chi connectivity index (χ4n) is 3.76. The first-order chi connectivity index (χ1) is 9.83. The van der Waals surface area contributed by atoms with Crippen molar-refractivity contribution in [1.82, 2.24) is 0 Å². The molecule has 0 aromatic heterocycles. The highest BCUT2D eigenvalue weighted by molar-refractivity contribution is 7.92. The van der Waals surface area contributed by atoms with Crippen LogP contribution in [0.25, 0.3) is 0 Å². The third kappa shape index (κ3) is 2.46. The van der Waals surface area contributed by atoms with Crippen molar-refractivity contribution < 1.29 is 13.5 Å². The van der Waals surface area contributed by atoms with E-state index in [1.165, 1.54) is 0 Å². The molecule has 2 saturated heterocycles. The quantitative estimate of drug-likeness (QED) is 0.908. The summed E-state index contributed by atoms with van der Waals surface area (Å²) in [7, 11) is 0.882. The summed E-state index contributed by atoms with van der Waals surface area (Å²) in [6.45, 7) is 0. The molecule has 2 heterocycles. The third-order valence-electron chi connectivity index (χ3n) is 5.01. The second-order valence-corrected chi connectivity index (χ2v) is 9.16. The summed E-state index contributed by atoms with van der Waals surface area (Å²) in [5.74, 6) is 0. The molecule has 2 aliphatic heterocycles. The smallest absolute Gasteiger partial charge is 0.156 e. The first-order valence-electron chi connectivity index (χ1n) is 7.56. The molecule has 1 aromatic rings. The lowest BCUT2D eigenvalue weighted by molar-refractivity contribution is 0.00504. The van der Waals surface area contributed by atoms with E-state index < -0.39 is 15.4 Å². The molecule has 0 saturated carbocycles. The van der Waals surface area contributed by atoms with Crippen LogP contribution < -0.4 is 4.90 Å². The average Bonchev–Trinajstić information content (AvgIpc) is 2.41. The van der Waals surface area contributed by atoms with Gasteiger partial charge in [-0.25, -0.2) is 8.42 Å². The molecule has 2 aliphatic rings. The Kier molecular flexibility index (Phi) is 3.53. The average molecular weight is 309 g/mol. The van der Waals surface area contributed by atoms with Gasteiger partial charge in [0.1, 0.15) is 0 Å². The van der Waals surface area contributed by atoms with Crippen molar-refractivity contribution in [3.05, 3.63) is 29.8 Å². The Morgan fingerprint density at radius 2 is 1.81 bits per heavy atom. The largest absolute Gasteiger partial charge is 0.385 e. The lowest BCUT2D eigenvalue weighted by Gasteiger charge is -2.44. The number of fused-ring (bicyclic) bond motifs is 2. The van der Waals surface area contributed by atoms with Gasteiger partial charge in [-0.2, -0.15) is 0 Å². The van der Waals surface area contributed by atoms with Gasteiger partial charge in [0, 0.05) is 19.8 Å². The standard InChI is InChI=1S/C16H23NO3S/c1-17(2)13-6-3-5-12(9-13)16(18)10-14-7-4-8-15(11-16)21(14,19)20/h3,5-6,9,14-15,18H,4,7-8,10-11H2,1-2H3. The molecule has 4 nitrogen and oxygen atoms in total. The van der Waals surface area contributed by atoms with E-state index in [2.05, 4.69) is 0 Å². The van der Waals surface area contributed by atoms with Crippen LogP contribution in [0.4, 0.5) is 5.69 Å². The molecule has 0 radical (unpaired) electrons. The van der Waals surface area contributed by atoms with Gasteiger partial charge in [-0.1, -0.05) is 18.6 Å². The fraction of sp³-hybridized carbons (Fsp3) is 0.625. The van der Waals surface area contributed by atoms with Gasteiger partial charge in [0.2, 0.25) is 0 Å². The summed E-state index contributed by atoms with van der Waals surface area (Å²) < 4.78 is 24.7. The minimum absolute atomic E-state index is 0.336. The van der Waals surface area contributed by atoms with Crippen LogP contribution in [0.15, 0.2) is 24.3 Å². The van der Waals surface area contributed by atoms with Crippen LogP contribution in [0, 0.1) is 0 Å². The Labute approximate surface area is 126 Å². The van der Waals surface area contributed by atoms with Crippen molar-refractivity contribution in [2.75, 3.05) is 19.0 Å². The zero-order chi connectivity index (χ0) is 15.3. The zero-order valence-corrected chi connectivity index (χ0v) is 13.4. The second-order valence-electron chi connectivity index (χ2n) is 6.65. The first-order valence-corrected chi connectivity index (χ1v) is 9.17. The lowest BCUT2D eigenvalue weighted by Crippen LogP contribution is -2.50. The molecule has 1 aromatic carbocycles. The second kappa shape index (κ2) is 4.99. The number of nitrogens with zero attached hydrogens (tertiary/aromatic N) is 1. The SMILES string of the molecule is CN(C)c1cccc(C2(O)CC3CCCC(C2)S3(=O)=O)c1. The molecule has 2 fully saturated rings. The van der Waals surface area contributed by atoms with Crippen LogP contribution in [0.1, 0.15) is 37.7 Å². The first kappa shape index (κ1) is 14.9. The van der Waals surface area contributed by atoms with E-state index in [0.717, 1.165) is 17.7 Å². The van der Waals surface area contributed by atoms with E-state index in [4.69, 9.17) is 0 Å². The van der Waals surface area contributed by atoms with Crippen LogP contribution >= 0.6 is 0 Å². The Hall–Kier alpha value is -1.07. The molecule has 2 unspecified atom stereocenters. The molecule has 0 aliphatic carbocycles. The summed E-state index contributed by atoms with van der Waals surface area (Å²) in [6, 6.07) is 7.82. The molecule has 2 bridgehead atoms. The van der Waals surface area contributed by atoms with E-state index >= 15 is 0 Å². The van der Waals surface area contributed by atoms with Crippen molar-refractivity contribution in [2.24, 2.45) is 0 Å². The van der Waals surface area contributed by atoms with Crippen molar-refractivity contribution in [3.8, 4) is 0 Å². The number of sulfone groups is 1. The summed E-state index contributed by atoms with van der Waals surface area (Å²) in [4.78, 5) is 1.99. The summed E-state index contributed by atoms with van der Waals surface area (Å²) in [5, 5.41) is 10.4.